The molecule has 2 rings (SSSR count). The van der Waals surface area contributed by atoms with Crippen LogP contribution in [0.5, 0.6) is 0 Å². The molecule has 0 unspecified atom stereocenters. The second-order valence-electron chi connectivity index (χ2n) is 4.70. The van der Waals surface area contributed by atoms with E-state index in [9.17, 15) is 13.2 Å². The van der Waals surface area contributed by atoms with Crippen molar-refractivity contribution in [1.82, 2.24) is 5.32 Å². The molecule has 1 aliphatic rings. The van der Waals surface area contributed by atoms with Crippen LogP contribution >= 0.6 is 15.9 Å². The van der Waals surface area contributed by atoms with Gasteiger partial charge in [-0.05, 0) is 56.0 Å². The summed E-state index contributed by atoms with van der Waals surface area (Å²) >= 11 is 3.10. The van der Waals surface area contributed by atoms with Crippen molar-refractivity contribution in [2.45, 2.75) is 25.4 Å². The molecule has 1 saturated heterocycles. The SMILES string of the molecule is FC(F)(F)c1cc(Br)ccc1CC1CCNCC1. The van der Waals surface area contributed by atoms with Crippen LogP contribution in [0.2, 0.25) is 0 Å². The second kappa shape index (κ2) is 5.61. The summed E-state index contributed by atoms with van der Waals surface area (Å²) in [6.07, 6.45) is -1.85. The van der Waals surface area contributed by atoms with Gasteiger partial charge in [0.15, 0.2) is 0 Å². The summed E-state index contributed by atoms with van der Waals surface area (Å²) in [6.45, 7) is 1.81. The van der Waals surface area contributed by atoms with Gasteiger partial charge in [0.05, 0.1) is 5.56 Å². The third-order valence-electron chi connectivity index (χ3n) is 3.34. The van der Waals surface area contributed by atoms with Gasteiger partial charge >= 0.3 is 6.18 Å². The van der Waals surface area contributed by atoms with Crippen molar-refractivity contribution in [3.05, 3.63) is 33.8 Å². The van der Waals surface area contributed by atoms with Crippen molar-refractivity contribution in [2.24, 2.45) is 5.92 Å². The van der Waals surface area contributed by atoms with Gasteiger partial charge in [-0.2, -0.15) is 13.2 Å². The molecule has 0 radical (unpaired) electrons. The maximum absolute atomic E-state index is 12.9. The fourth-order valence-corrected chi connectivity index (χ4v) is 2.75. The first-order valence-corrected chi connectivity index (χ1v) is 6.82. The lowest BCUT2D eigenvalue weighted by Crippen LogP contribution is -2.29. The highest BCUT2D eigenvalue weighted by atomic mass is 79.9. The van der Waals surface area contributed by atoms with Gasteiger partial charge in [0, 0.05) is 4.47 Å². The topological polar surface area (TPSA) is 12.0 Å². The maximum Gasteiger partial charge on any atom is 0.416 e. The molecule has 0 spiro atoms. The molecule has 1 fully saturated rings. The molecule has 1 nitrogen and oxygen atoms in total. The molecule has 1 aromatic carbocycles. The minimum absolute atomic E-state index is 0.355. The van der Waals surface area contributed by atoms with E-state index >= 15 is 0 Å². The first-order chi connectivity index (χ1) is 8.47. The van der Waals surface area contributed by atoms with Crippen LogP contribution in [0.25, 0.3) is 0 Å². The number of alkyl halides is 3. The van der Waals surface area contributed by atoms with E-state index in [-0.39, 0.29) is 0 Å². The molecule has 18 heavy (non-hydrogen) atoms. The van der Waals surface area contributed by atoms with Crippen LogP contribution in [-0.2, 0) is 12.6 Å². The van der Waals surface area contributed by atoms with E-state index in [1.165, 1.54) is 6.07 Å². The van der Waals surface area contributed by atoms with E-state index in [2.05, 4.69) is 21.2 Å². The molecule has 0 aromatic heterocycles. The van der Waals surface area contributed by atoms with Gasteiger partial charge in [0.1, 0.15) is 0 Å². The van der Waals surface area contributed by atoms with E-state index in [1.54, 1.807) is 12.1 Å². The number of hydrogen-bond donors (Lipinski definition) is 1. The summed E-state index contributed by atoms with van der Waals surface area (Å²) in [5.41, 5.74) is -0.0898. The van der Waals surface area contributed by atoms with Crippen LogP contribution in [0.4, 0.5) is 13.2 Å². The molecular formula is C13H15BrF3N. The number of nitrogens with one attached hydrogen (secondary N) is 1. The largest absolute Gasteiger partial charge is 0.416 e. The normalized spacial score (nSPS) is 18.0. The van der Waals surface area contributed by atoms with Crippen LogP contribution < -0.4 is 5.32 Å². The number of benzene rings is 1. The van der Waals surface area contributed by atoms with Crippen LogP contribution in [0.3, 0.4) is 0 Å². The van der Waals surface area contributed by atoms with Gasteiger partial charge < -0.3 is 5.32 Å². The zero-order chi connectivity index (χ0) is 13.2. The fraction of sp³-hybridized carbons (Fsp3) is 0.538. The average Bonchev–Trinajstić information content (AvgIpc) is 2.31. The Labute approximate surface area is 113 Å². The minimum Gasteiger partial charge on any atom is -0.317 e. The predicted molar refractivity (Wildman–Crippen MR) is 68.4 cm³/mol. The molecule has 1 aromatic rings. The Kier molecular flexibility index (Phi) is 4.33. The lowest BCUT2D eigenvalue weighted by atomic mass is 9.89. The van der Waals surface area contributed by atoms with Crippen LogP contribution in [-0.4, -0.2) is 13.1 Å². The van der Waals surface area contributed by atoms with Crippen molar-refractivity contribution in [2.75, 3.05) is 13.1 Å². The molecule has 0 atom stereocenters. The summed E-state index contributed by atoms with van der Waals surface area (Å²) in [6, 6.07) is 4.46. The molecule has 1 N–H and O–H groups in total. The van der Waals surface area contributed by atoms with E-state index < -0.39 is 11.7 Å². The molecule has 100 valence electrons. The standard InChI is InChI=1S/C13H15BrF3N/c14-11-2-1-10(12(8-11)13(15,16)17)7-9-3-5-18-6-4-9/h1-2,8-9,18H,3-7H2. The third kappa shape index (κ3) is 3.48. The quantitative estimate of drug-likeness (QED) is 0.867. The van der Waals surface area contributed by atoms with E-state index in [0.29, 0.717) is 22.4 Å². The molecule has 1 heterocycles. The van der Waals surface area contributed by atoms with Crippen molar-refractivity contribution in [3.63, 3.8) is 0 Å². The number of halogens is 4. The Morgan fingerprint density at radius 2 is 1.89 bits per heavy atom. The molecule has 0 amide bonds. The fourth-order valence-electron chi connectivity index (χ4n) is 2.39. The monoisotopic (exact) mass is 321 g/mol. The van der Waals surface area contributed by atoms with Gasteiger partial charge in [0.25, 0.3) is 0 Å². The van der Waals surface area contributed by atoms with E-state index in [4.69, 9.17) is 0 Å². The molecule has 1 aliphatic heterocycles. The first kappa shape index (κ1) is 13.9. The average molecular weight is 322 g/mol. The minimum atomic E-state index is -4.27. The molecular weight excluding hydrogens is 307 g/mol. The lowest BCUT2D eigenvalue weighted by Gasteiger charge is -2.24. The van der Waals surface area contributed by atoms with Crippen molar-refractivity contribution in [3.8, 4) is 0 Å². The van der Waals surface area contributed by atoms with Gasteiger partial charge in [-0.3, -0.25) is 0 Å². The van der Waals surface area contributed by atoms with Gasteiger partial charge in [-0.1, -0.05) is 22.0 Å². The highest BCUT2D eigenvalue weighted by molar-refractivity contribution is 9.10. The number of hydrogen-bond acceptors (Lipinski definition) is 1. The predicted octanol–water partition coefficient (Wildman–Crippen LogP) is 4.01. The zero-order valence-electron chi connectivity index (χ0n) is 9.86. The number of piperidine rings is 1. The van der Waals surface area contributed by atoms with Gasteiger partial charge in [-0.15, -0.1) is 0 Å². The zero-order valence-corrected chi connectivity index (χ0v) is 11.4. The van der Waals surface area contributed by atoms with Crippen molar-refractivity contribution < 1.29 is 13.2 Å². The van der Waals surface area contributed by atoms with E-state index in [1.807, 2.05) is 0 Å². The molecule has 0 bridgehead atoms. The van der Waals surface area contributed by atoms with Crippen molar-refractivity contribution >= 4 is 15.9 Å². The van der Waals surface area contributed by atoms with Gasteiger partial charge in [-0.25, -0.2) is 0 Å². The molecule has 0 aliphatic carbocycles. The van der Waals surface area contributed by atoms with Crippen LogP contribution in [0.1, 0.15) is 24.0 Å². The third-order valence-corrected chi connectivity index (χ3v) is 3.84. The summed E-state index contributed by atoms with van der Waals surface area (Å²) in [4.78, 5) is 0. The highest BCUT2D eigenvalue weighted by Crippen LogP contribution is 2.35. The maximum atomic E-state index is 12.9. The van der Waals surface area contributed by atoms with Gasteiger partial charge in [0.2, 0.25) is 0 Å². The molecule has 5 heteroatoms. The summed E-state index contributed by atoms with van der Waals surface area (Å²) in [5, 5.41) is 3.22. The highest BCUT2D eigenvalue weighted by Gasteiger charge is 2.34. The second-order valence-corrected chi connectivity index (χ2v) is 5.61. The number of rotatable bonds is 2. The lowest BCUT2D eigenvalue weighted by molar-refractivity contribution is -0.138. The van der Waals surface area contributed by atoms with E-state index in [0.717, 1.165) is 25.9 Å². The van der Waals surface area contributed by atoms with Crippen LogP contribution in [0.15, 0.2) is 22.7 Å². The first-order valence-electron chi connectivity index (χ1n) is 6.03. The smallest absolute Gasteiger partial charge is 0.317 e. The Balaban J connectivity index is 2.21. The van der Waals surface area contributed by atoms with Crippen molar-refractivity contribution in [1.29, 1.82) is 0 Å². The summed E-state index contributed by atoms with van der Waals surface area (Å²) < 4.78 is 39.3. The Morgan fingerprint density at radius 3 is 2.50 bits per heavy atom. The molecule has 0 saturated carbocycles. The summed E-state index contributed by atoms with van der Waals surface area (Å²) in [7, 11) is 0. The van der Waals surface area contributed by atoms with Crippen LogP contribution in [0, 0.1) is 5.92 Å². The summed E-state index contributed by atoms with van der Waals surface area (Å²) in [5.74, 6) is 0.355. The Morgan fingerprint density at radius 1 is 1.22 bits per heavy atom. The Hall–Kier alpha value is -0.550. The Bertz CT molecular complexity index is 411.